The highest BCUT2D eigenvalue weighted by Gasteiger charge is 2.25. The number of hydrogen-bond donors (Lipinski definition) is 0. The summed E-state index contributed by atoms with van der Waals surface area (Å²) in [5.74, 6) is 0.491. The summed E-state index contributed by atoms with van der Waals surface area (Å²) in [5, 5.41) is 0.964. The highest BCUT2D eigenvalue weighted by Crippen LogP contribution is 2.34. The van der Waals surface area contributed by atoms with Gasteiger partial charge in [0.15, 0.2) is 0 Å². The van der Waals surface area contributed by atoms with Crippen molar-refractivity contribution < 1.29 is 8.42 Å². The lowest BCUT2D eigenvalue weighted by Gasteiger charge is -2.13. The lowest BCUT2D eigenvalue weighted by atomic mass is 9.95. The van der Waals surface area contributed by atoms with E-state index in [-0.39, 0.29) is 0 Å². The molecule has 0 saturated carbocycles. The summed E-state index contributed by atoms with van der Waals surface area (Å²) in [6.45, 7) is 4.15. The highest BCUT2D eigenvalue weighted by atomic mass is 32.2. The van der Waals surface area contributed by atoms with Gasteiger partial charge in [-0.3, -0.25) is 0 Å². The summed E-state index contributed by atoms with van der Waals surface area (Å²) in [6.07, 6.45) is 11.6. The first-order chi connectivity index (χ1) is 13.5. The maximum atomic E-state index is 13.6. The van der Waals surface area contributed by atoms with Gasteiger partial charge in [-0.05, 0) is 50.0 Å². The van der Waals surface area contributed by atoms with Crippen LogP contribution in [0.5, 0.6) is 0 Å². The van der Waals surface area contributed by atoms with Crippen LogP contribution in [0.1, 0.15) is 43.0 Å². The Bertz CT molecular complexity index is 1170. The SMILES string of the molecule is CCCC1/C=C\c2c(n(S(=O)(=O)c3ccc(C)cc3)c3ccccc23)/C=C\C1. The topological polar surface area (TPSA) is 39.1 Å². The molecule has 4 rings (SSSR count). The quantitative estimate of drug-likeness (QED) is 0.544. The molecule has 3 aromatic rings. The van der Waals surface area contributed by atoms with Gasteiger partial charge in [-0.25, -0.2) is 12.4 Å². The number of hydrogen-bond acceptors (Lipinski definition) is 2. The Labute approximate surface area is 167 Å². The molecule has 0 fully saturated rings. The van der Waals surface area contributed by atoms with Gasteiger partial charge in [-0.2, -0.15) is 0 Å². The van der Waals surface area contributed by atoms with Crippen LogP contribution < -0.4 is 0 Å². The van der Waals surface area contributed by atoms with E-state index in [0.29, 0.717) is 10.8 Å². The fourth-order valence-corrected chi connectivity index (χ4v) is 5.44. The van der Waals surface area contributed by atoms with Gasteiger partial charge < -0.3 is 0 Å². The predicted octanol–water partition coefficient (Wildman–Crippen LogP) is 6.03. The molecule has 1 atom stereocenters. The van der Waals surface area contributed by atoms with Crippen LogP contribution in [0.4, 0.5) is 0 Å². The van der Waals surface area contributed by atoms with Gasteiger partial charge in [0.05, 0.1) is 16.1 Å². The number of aromatic nitrogens is 1. The molecule has 144 valence electrons. The summed E-state index contributed by atoms with van der Waals surface area (Å²) in [5.41, 5.74) is 3.46. The third-order valence-corrected chi connectivity index (χ3v) is 7.12. The van der Waals surface area contributed by atoms with Crippen molar-refractivity contribution in [3.05, 3.63) is 77.5 Å². The molecule has 1 unspecified atom stereocenters. The van der Waals surface area contributed by atoms with E-state index in [0.717, 1.165) is 47.0 Å². The van der Waals surface area contributed by atoms with Gasteiger partial charge in [0.25, 0.3) is 10.0 Å². The Morgan fingerprint density at radius 2 is 1.79 bits per heavy atom. The van der Waals surface area contributed by atoms with Crippen molar-refractivity contribution in [2.75, 3.05) is 0 Å². The minimum atomic E-state index is -3.70. The van der Waals surface area contributed by atoms with E-state index >= 15 is 0 Å². The number of para-hydroxylation sites is 1. The van der Waals surface area contributed by atoms with Gasteiger partial charge in [0.1, 0.15) is 0 Å². The average Bonchev–Trinajstić information content (AvgIpc) is 2.97. The van der Waals surface area contributed by atoms with Gasteiger partial charge in [0.2, 0.25) is 0 Å². The highest BCUT2D eigenvalue weighted by molar-refractivity contribution is 7.90. The van der Waals surface area contributed by atoms with Crippen LogP contribution >= 0.6 is 0 Å². The fraction of sp³-hybridized carbons (Fsp3) is 0.250. The number of nitrogens with zero attached hydrogens (tertiary/aromatic N) is 1. The summed E-state index contributed by atoms with van der Waals surface area (Å²) in [7, 11) is -3.70. The average molecular weight is 392 g/mol. The van der Waals surface area contributed by atoms with Crippen molar-refractivity contribution in [1.29, 1.82) is 0 Å². The molecule has 1 aromatic heterocycles. The molecule has 0 spiro atoms. The molecular formula is C24H25NO2S. The maximum absolute atomic E-state index is 13.6. The van der Waals surface area contributed by atoms with Crippen molar-refractivity contribution in [3.63, 3.8) is 0 Å². The van der Waals surface area contributed by atoms with Gasteiger partial charge in [0, 0.05) is 10.9 Å². The first-order valence-electron chi connectivity index (χ1n) is 9.83. The largest absolute Gasteiger partial charge is 0.268 e. The maximum Gasteiger partial charge on any atom is 0.268 e. The normalized spacial score (nSPS) is 19.0. The number of allylic oxidation sites excluding steroid dienone is 2. The summed E-state index contributed by atoms with van der Waals surface area (Å²) in [6, 6.07) is 14.8. The van der Waals surface area contributed by atoms with Crippen molar-refractivity contribution >= 4 is 33.1 Å². The first-order valence-corrected chi connectivity index (χ1v) is 11.3. The van der Waals surface area contributed by atoms with E-state index in [1.807, 2.05) is 49.4 Å². The molecule has 4 heteroatoms. The van der Waals surface area contributed by atoms with E-state index in [4.69, 9.17) is 0 Å². The Morgan fingerprint density at radius 1 is 1.04 bits per heavy atom. The molecule has 1 aliphatic rings. The van der Waals surface area contributed by atoms with E-state index in [9.17, 15) is 8.42 Å². The van der Waals surface area contributed by atoms with Crippen molar-refractivity contribution in [1.82, 2.24) is 3.97 Å². The molecule has 0 N–H and O–H groups in total. The van der Waals surface area contributed by atoms with Crippen LogP contribution in [-0.2, 0) is 10.0 Å². The van der Waals surface area contributed by atoms with E-state index in [1.165, 1.54) is 3.97 Å². The minimum Gasteiger partial charge on any atom is -0.233 e. The molecule has 0 amide bonds. The lowest BCUT2D eigenvalue weighted by Crippen LogP contribution is -2.14. The molecule has 0 saturated heterocycles. The number of rotatable bonds is 4. The van der Waals surface area contributed by atoms with Gasteiger partial charge in [-0.15, -0.1) is 0 Å². The zero-order valence-corrected chi connectivity index (χ0v) is 17.1. The van der Waals surface area contributed by atoms with E-state index in [2.05, 4.69) is 25.2 Å². The van der Waals surface area contributed by atoms with Crippen LogP contribution in [-0.4, -0.2) is 12.4 Å². The monoisotopic (exact) mass is 391 g/mol. The molecule has 2 aromatic carbocycles. The Kier molecular flexibility index (Phi) is 4.98. The minimum absolute atomic E-state index is 0.310. The van der Waals surface area contributed by atoms with Crippen LogP contribution in [0.15, 0.2) is 65.6 Å². The van der Waals surface area contributed by atoms with Gasteiger partial charge >= 0.3 is 0 Å². The molecule has 3 nitrogen and oxygen atoms in total. The Balaban J connectivity index is 1.97. The second-order valence-electron chi connectivity index (χ2n) is 7.44. The standard InChI is InChI=1S/C24H25NO2S/c1-3-7-19-8-6-11-24-22(17-14-19)21-9-4-5-10-23(21)25(24)28(26,27)20-15-12-18(2)13-16-20/h4-6,9-17,19H,3,7-8H2,1-2H3/b11-6-,17-14-. The molecule has 28 heavy (non-hydrogen) atoms. The zero-order chi connectivity index (χ0) is 19.7. The van der Waals surface area contributed by atoms with Crippen LogP contribution in [0.2, 0.25) is 0 Å². The summed E-state index contributed by atoms with van der Waals surface area (Å²) in [4.78, 5) is 0.310. The predicted molar refractivity (Wildman–Crippen MR) is 117 cm³/mol. The fourth-order valence-electron chi connectivity index (χ4n) is 3.91. The van der Waals surface area contributed by atoms with Gasteiger partial charge in [-0.1, -0.05) is 67.5 Å². The number of fused-ring (bicyclic) bond motifs is 3. The second kappa shape index (κ2) is 7.44. The summed E-state index contributed by atoms with van der Waals surface area (Å²) >= 11 is 0. The van der Waals surface area contributed by atoms with Crippen LogP contribution in [0, 0.1) is 12.8 Å². The van der Waals surface area contributed by atoms with Crippen molar-refractivity contribution in [2.45, 2.75) is 38.0 Å². The molecule has 0 radical (unpaired) electrons. The van der Waals surface area contributed by atoms with Crippen LogP contribution in [0.25, 0.3) is 23.1 Å². The van der Waals surface area contributed by atoms with E-state index in [1.54, 1.807) is 12.1 Å². The third kappa shape index (κ3) is 3.22. The number of benzene rings is 2. The Hall–Kier alpha value is -2.59. The van der Waals surface area contributed by atoms with E-state index < -0.39 is 10.0 Å². The third-order valence-electron chi connectivity index (χ3n) is 5.38. The molecule has 1 heterocycles. The Morgan fingerprint density at radius 3 is 2.54 bits per heavy atom. The number of aryl methyl sites for hydroxylation is 1. The summed E-state index contributed by atoms with van der Waals surface area (Å²) < 4.78 is 28.6. The molecular weight excluding hydrogens is 366 g/mol. The first kappa shape index (κ1) is 18.8. The van der Waals surface area contributed by atoms with Crippen LogP contribution in [0.3, 0.4) is 0 Å². The molecule has 0 aliphatic heterocycles. The second-order valence-corrected chi connectivity index (χ2v) is 9.23. The van der Waals surface area contributed by atoms with Crippen molar-refractivity contribution in [2.24, 2.45) is 5.92 Å². The smallest absolute Gasteiger partial charge is 0.233 e. The molecule has 1 aliphatic carbocycles. The molecule has 0 bridgehead atoms. The lowest BCUT2D eigenvalue weighted by molar-refractivity contribution is 0.587. The van der Waals surface area contributed by atoms with Crippen molar-refractivity contribution in [3.8, 4) is 0 Å². The zero-order valence-electron chi connectivity index (χ0n) is 16.3.